The minimum absolute atomic E-state index is 0.116. The van der Waals surface area contributed by atoms with Crippen molar-refractivity contribution in [3.8, 4) is 0 Å². The highest BCUT2D eigenvalue weighted by Crippen LogP contribution is 2.16. The van der Waals surface area contributed by atoms with E-state index in [-0.39, 0.29) is 6.04 Å². The largest absolute Gasteiger partial charge is 0.306 e. The molecule has 0 saturated carbocycles. The Hall–Kier alpha value is -1.74. The van der Waals surface area contributed by atoms with Crippen molar-refractivity contribution in [2.45, 2.75) is 32.9 Å². The van der Waals surface area contributed by atoms with E-state index in [1.165, 1.54) is 17.7 Å². The number of hydrogen-bond acceptors (Lipinski definition) is 1. The Kier molecular flexibility index (Phi) is 4.85. The highest BCUT2D eigenvalue weighted by molar-refractivity contribution is 5.25. The maximum absolute atomic E-state index is 13.5. The summed E-state index contributed by atoms with van der Waals surface area (Å²) >= 11 is 0. The smallest absolute Gasteiger partial charge is 0.130 e. The van der Waals surface area contributed by atoms with Gasteiger partial charge in [0.2, 0.25) is 0 Å². The Balaban J connectivity index is 1.98. The first kappa shape index (κ1) is 14.7. The number of benzene rings is 2. The summed E-state index contributed by atoms with van der Waals surface area (Å²) in [6.07, 6.45) is 1.02. The summed E-state index contributed by atoms with van der Waals surface area (Å²) < 4.78 is 26.3. The van der Waals surface area contributed by atoms with Crippen molar-refractivity contribution in [2.24, 2.45) is 0 Å². The van der Waals surface area contributed by atoms with Gasteiger partial charge >= 0.3 is 0 Å². The van der Waals surface area contributed by atoms with Crippen molar-refractivity contribution in [1.29, 1.82) is 0 Å². The maximum atomic E-state index is 13.5. The van der Waals surface area contributed by atoms with Crippen molar-refractivity contribution in [1.82, 2.24) is 5.32 Å². The van der Waals surface area contributed by atoms with E-state index in [0.29, 0.717) is 12.1 Å². The SMILES string of the molecule is CCc1ccc(C(C)NCc2ccc(F)cc2F)cc1. The van der Waals surface area contributed by atoms with Crippen LogP contribution in [0.15, 0.2) is 42.5 Å². The van der Waals surface area contributed by atoms with E-state index in [1.807, 2.05) is 6.92 Å². The molecule has 0 bridgehead atoms. The number of nitrogens with one attached hydrogen (secondary N) is 1. The molecule has 0 saturated heterocycles. The number of halogens is 2. The highest BCUT2D eigenvalue weighted by Gasteiger charge is 2.08. The van der Waals surface area contributed by atoms with Gasteiger partial charge < -0.3 is 5.32 Å². The molecule has 106 valence electrons. The van der Waals surface area contributed by atoms with Gasteiger partial charge in [0.05, 0.1) is 0 Å². The van der Waals surface area contributed by atoms with Crippen molar-refractivity contribution in [3.05, 3.63) is 70.8 Å². The van der Waals surface area contributed by atoms with E-state index in [0.717, 1.165) is 18.1 Å². The van der Waals surface area contributed by atoms with Gasteiger partial charge in [-0.2, -0.15) is 0 Å². The van der Waals surface area contributed by atoms with Crippen LogP contribution >= 0.6 is 0 Å². The molecule has 2 aromatic rings. The van der Waals surface area contributed by atoms with Crippen LogP contribution < -0.4 is 5.32 Å². The van der Waals surface area contributed by atoms with Crippen molar-refractivity contribution in [2.75, 3.05) is 0 Å². The Bertz CT molecular complexity index is 564. The lowest BCUT2D eigenvalue weighted by Gasteiger charge is -2.15. The van der Waals surface area contributed by atoms with Gasteiger partial charge in [-0.1, -0.05) is 37.3 Å². The standard InChI is InChI=1S/C17H19F2N/c1-3-13-4-6-14(7-5-13)12(2)20-11-15-8-9-16(18)10-17(15)19/h4-10,12,20H,3,11H2,1-2H3. The zero-order chi connectivity index (χ0) is 14.5. The van der Waals surface area contributed by atoms with Crippen LogP contribution in [0.2, 0.25) is 0 Å². The quantitative estimate of drug-likeness (QED) is 0.854. The molecule has 0 fully saturated rings. The Morgan fingerprint density at radius 2 is 1.75 bits per heavy atom. The molecule has 2 rings (SSSR count). The van der Waals surface area contributed by atoms with E-state index < -0.39 is 11.6 Å². The molecule has 0 amide bonds. The monoisotopic (exact) mass is 275 g/mol. The summed E-state index contributed by atoms with van der Waals surface area (Å²) in [5.41, 5.74) is 2.93. The molecular weight excluding hydrogens is 256 g/mol. The maximum Gasteiger partial charge on any atom is 0.130 e. The van der Waals surface area contributed by atoms with Gasteiger partial charge in [-0.3, -0.25) is 0 Å². The zero-order valence-electron chi connectivity index (χ0n) is 11.8. The van der Waals surface area contributed by atoms with Crippen LogP contribution in [0.5, 0.6) is 0 Å². The second-order valence-corrected chi connectivity index (χ2v) is 4.93. The van der Waals surface area contributed by atoms with Gasteiger partial charge in [0.15, 0.2) is 0 Å². The average molecular weight is 275 g/mol. The molecule has 20 heavy (non-hydrogen) atoms. The zero-order valence-corrected chi connectivity index (χ0v) is 11.8. The predicted octanol–water partition coefficient (Wildman–Crippen LogP) is 4.38. The van der Waals surface area contributed by atoms with Gasteiger partial charge in [-0.05, 0) is 30.5 Å². The molecule has 0 spiro atoms. The molecular formula is C17H19F2N. The molecule has 0 radical (unpaired) electrons. The fourth-order valence-electron chi connectivity index (χ4n) is 2.09. The topological polar surface area (TPSA) is 12.0 Å². The van der Waals surface area contributed by atoms with Crippen LogP contribution in [0.4, 0.5) is 8.78 Å². The number of rotatable bonds is 5. The van der Waals surface area contributed by atoms with Crippen LogP contribution in [-0.2, 0) is 13.0 Å². The average Bonchev–Trinajstić information content (AvgIpc) is 2.46. The normalized spacial score (nSPS) is 12.4. The second kappa shape index (κ2) is 6.62. The summed E-state index contributed by atoms with van der Waals surface area (Å²) in [4.78, 5) is 0. The van der Waals surface area contributed by atoms with Crippen LogP contribution in [0.25, 0.3) is 0 Å². The van der Waals surface area contributed by atoms with Crippen LogP contribution in [0, 0.1) is 11.6 Å². The molecule has 0 heterocycles. The highest BCUT2D eigenvalue weighted by atomic mass is 19.1. The lowest BCUT2D eigenvalue weighted by molar-refractivity contribution is 0.533. The summed E-state index contributed by atoms with van der Waals surface area (Å²) in [5.74, 6) is -1.06. The van der Waals surface area contributed by atoms with E-state index in [1.54, 1.807) is 0 Å². The van der Waals surface area contributed by atoms with Crippen LogP contribution in [0.3, 0.4) is 0 Å². The van der Waals surface area contributed by atoms with Crippen LogP contribution in [0.1, 0.15) is 36.6 Å². The Labute approximate surface area is 118 Å². The first-order valence-corrected chi connectivity index (χ1v) is 6.86. The summed E-state index contributed by atoms with van der Waals surface area (Å²) in [6, 6.07) is 12.2. The molecule has 0 aliphatic carbocycles. The molecule has 1 unspecified atom stereocenters. The summed E-state index contributed by atoms with van der Waals surface area (Å²) in [6.45, 7) is 4.53. The van der Waals surface area contributed by atoms with Gasteiger partial charge in [0.1, 0.15) is 11.6 Å². The van der Waals surface area contributed by atoms with E-state index in [9.17, 15) is 8.78 Å². The van der Waals surface area contributed by atoms with Crippen LogP contribution in [-0.4, -0.2) is 0 Å². The fourth-order valence-corrected chi connectivity index (χ4v) is 2.09. The summed E-state index contributed by atoms with van der Waals surface area (Å²) in [5, 5.41) is 3.25. The second-order valence-electron chi connectivity index (χ2n) is 4.93. The lowest BCUT2D eigenvalue weighted by atomic mass is 10.0. The molecule has 1 atom stereocenters. The molecule has 3 heteroatoms. The van der Waals surface area contributed by atoms with Gasteiger partial charge in [-0.25, -0.2) is 8.78 Å². The van der Waals surface area contributed by atoms with Gasteiger partial charge in [-0.15, -0.1) is 0 Å². The number of aryl methyl sites for hydroxylation is 1. The minimum Gasteiger partial charge on any atom is -0.306 e. The molecule has 1 N–H and O–H groups in total. The van der Waals surface area contributed by atoms with E-state index in [4.69, 9.17) is 0 Å². The van der Waals surface area contributed by atoms with Crippen molar-refractivity contribution >= 4 is 0 Å². The number of hydrogen-bond donors (Lipinski definition) is 1. The third-order valence-corrected chi connectivity index (χ3v) is 3.50. The minimum atomic E-state index is -0.547. The molecule has 0 aliphatic rings. The molecule has 0 aromatic heterocycles. The van der Waals surface area contributed by atoms with Crippen molar-refractivity contribution < 1.29 is 8.78 Å². The Morgan fingerprint density at radius 3 is 2.35 bits per heavy atom. The third-order valence-electron chi connectivity index (χ3n) is 3.50. The third kappa shape index (κ3) is 3.64. The van der Waals surface area contributed by atoms with E-state index in [2.05, 4.69) is 36.5 Å². The molecule has 0 aliphatic heterocycles. The molecule has 1 nitrogen and oxygen atoms in total. The first-order valence-electron chi connectivity index (χ1n) is 6.86. The Morgan fingerprint density at radius 1 is 1.05 bits per heavy atom. The fraction of sp³-hybridized carbons (Fsp3) is 0.294. The summed E-state index contributed by atoms with van der Waals surface area (Å²) in [7, 11) is 0. The van der Waals surface area contributed by atoms with E-state index >= 15 is 0 Å². The predicted molar refractivity (Wildman–Crippen MR) is 77.4 cm³/mol. The van der Waals surface area contributed by atoms with Crippen molar-refractivity contribution in [3.63, 3.8) is 0 Å². The van der Waals surface area contributed by atoms with Gasteiger partial charge in [0, 0.05) is 24.2 Å². The van der Waals surface area contributed by atoms with Gasteiger partial charge in [0.25, 0.3) is 0 Å². The molecule has 2 aromatic carbocycles. The lowest BCUT2D eigenvalue weighted by Crippen LogP contribution is -2.18. The first-order chi connectivity index (χ1) is 9.60.